The van der Waals surface area contributed by atoms with E-state index in [0.717, 1.165) is 5.92 Å². The summed E-state index contributed by atoms with van der Waals surface area (Å²) in [7, 11) is 0. The summed E-state index contributed by atoms with van der Waals surface area (Å²) in [5, 5.41) is 3.53. The molecule has 1 saturated heterocycles. The van der Waals surface area contributed by atoms with Gasteiger partial charge < -0.3 is 5.32 Å². The minimum absolute atomic E-state index is 0.619. The van der Waals surface area contributed by atoms with Crippen molar-refractivity contribution in [1.29, 1.82) is 0 Å². The van der Waals surface area contributed by atoms with Gasteiger partial charge in [0.25, 0.3) is 0 Å². The van der Waals surface area contributed by atoms with Crippen LogP contribution in [0.5, 0.6) is 0 Å². The molecule has 2 unspecified atom stereocenters. The molecule has 2 nitrogen and oxygen atoms in total. The summed E-state index contributed by atoms with van der Waals surface area (Å²) in [6, 6.07) is 2.78. The number of hydrogen-bond acceptors (Lipinski definition) is 2. The van der Waals surface area contributed by atoms with Gasteiger partial charge in [0, 0.05) is 18.4 Å². The van der Waals surface area contributed by atoms with Crippen molar-refractivity contribution in [1.82, 2.24) is 10.3 Å². The summed E-state index contributed by atoms with van der Waals surface area (Å²) >= 11 is 0. The van der Waals surface area contributed by atoms with Crippen LogP contribution in [0.4, 0.5) is 0 Å². The Balaban J connectivity index is 2.09. The van der Waals surface area contributed by atoms with Crippen molar-refractivity contribution in [2.45, 2.75) is 18.9 Å². The molecule has 0 aromatic carbocycles. The lowest BCUT2D eigenvalue weighted by atomic mass is 10.0. The number of aromatic nitrogens is 1. The second-order valence-corrected chi connectivity index (χ2v) is 3.76. The molecule has 0 amide bonds. The summed E-state index contributed by atoms with van der Waals surface area (Å²) in [6.45, 7) is 1.18. The van der Waals surface area contributed by atoms with Crippen molar-refractivity contribution in [3.63, 3.8) is 0 Å². The summed E-state index contributed by atoms with van der Waals surface area (Å²) in [5.41, 5.74) is 2.95. The first-order chi connectivity index (χ1) is 5.95. The molecule has 1 fully saturated rings. The van der Waals surface area contributed by atoms with E-state index >= 15 is 0 Å². The maximum atomic E-state index is 4.18. The van der Waals surface area contributed by atoms with Gasteiger partial charge in [-0.15, -0.1) is 0 Å². The second-order valence-electron chi connectivity index (χ2n) is 3.76. The van der Waals surface area contributed by atoms with E-state index in [1.54, 1.807) is 0 Å². The normalized spacial score (nSPS) is 31.7. The van der Waals surface area contributed by atoms with E-state index < -0.39 is 0 Å². The van der Waals surface area contributed by atoms with E-state index in [0.29, 0.717) is 6.04 Å². The predicted octanol–water partition coefficient (Wildman–Crippen LogP) is 1.29. The summed E-state index contributed by atoms with van der Waals surface area (Å²) in [5.74, 6) is 0.851. The fraction of sp³-hybridized carbons (Fsp3) is 0.500. The van der Waals surface area contributed by atoms with Crippen molar-refractivity contribution in [3.8, 4) is 0 Å². The molecule has 1 N–H and O–H groups in total. The number of rotatable bonds is 0. The SMILES string of the molecule is c1cc2c(cn1)C1NCCC1C2. The van der Waals surface area contributed by atoms with E-state index in [1.165, 1.54) is 30.5 Å². The van der Waals surface area contributed by atoms with Crippen LogP contribution >= 0.6 is 0 Å². The van der Waals surface area contributed by atoms with Crippen LogP contribution in [0.1, 0.15) is 23.6 Å². The molecule has 0 radical (unpaired) electrons. The Morgan fingerprint density at radius 2 is 2.50 bits per heavy atom. The van der Waals surface area contributed by atoms with Crippen LogP contribution < -0.4 is 5.32 Å². The Kier molecular flexibility index (Phi) is 1.27. The van der Waals surface area contributed by atoms with Gasteiger partial charge in [0.15, 0.2) is 0 Å². The van der Waals surface area contributed by atoms with Crippen molar-refractivity contribution in [3.05, 3.63) is 29.6 Å². The number of pyridine rings is 1. The fourth-order valence-corrected chi connectivity index (χ4v) is 2.53. The van der Waals surface area contributed by atoms with Gasteiger partial charge in [0.05, 0.1) is 0 Å². The lowest BCUT2D eigenvalue weighted by Gasteiger charge is -2.08. The zero-order valence-corrected chi connectivity index (χ0v) is 6.96. The first-order valence-corrected chi connectivity index (χ1v) is 4.61. The Hall–Kier alpha value is -0.890. The third kappa shape index (κ3) is 0.758. The van der Waals surface area contributed by atoms with Crippen LogP contribution in [0, 0.1) is 5.92 Å². The smallest absolute Gasteiger partial charge is 0.0370 e. The molecule has 2 heterocycles. The topological polar surface area (TPSA) is 24.9 Å². The van der Waals surface area contributed by atoms with E-state index in [2.05, 4.69) is 16.4 Å². The number of nitrogens with one attached hydrogen (secondary N) is 1. The Morgan fingerprint density at radius 1 is 1.50 bits per heavy atom. The largest absolute Gasteiger partial charge is 0.310 e. The maximum absolute atomic E-state index is 4.18. The average molecular weight is 160 g/mol. The minimum Gasteiger partial charge on any atom is -0.310 e. The molecule has 3 rings (SSSR count). The number of fused-ring (bicyclic) bond motifs is 3. The molecule has 1 aromatic rings. The quantitative estimate of drug-likeness (QED) is 0.618. The molecule has 2 atom stereocenters. The third-order valence-electron chi connectivity index (χ3n) is 3.11. The van der Waals surface area contributed by atoms with Gasteiger partial charge in [-0.05, 0) is 42.5 Å². The first-order valence-electron chi connectivity index (χ1n) is 4.61. The highest BCUT2D eigenvalue weighted by Gasteiger charge is 2.35. The maximum Gasteiger partial charge on any atom is 0.0370 e. The van der Waals surface area contributed by atoms with Crippen LogP contribution in [0.25, 0.3) is 0 Å². The molecule has 0 spiro atoms. The van der Waals surface area contributed by atoms with Gasteiger partial charge in [-0.2, -0.15) is 0 Å². The average Bonchev–Trinajstić information content (AvgIpc) is 2.62. The summed E-state index contributed by atoms with van der Waals surface area (Å²) in [6.07, 6.45) is 6.52. The second kappa shape index (κ2) is 2.30. The van der Waals surface area contributed by atoms with E-state index in [-0.39, 0.29) is 0 Å². The molecule has 0 saturated carbocycles. The minimum atomic E-state index is 0.619. The summed E-state index contributed by atoms with van der Waals surface area (Å²) < 4.78 is 0. The van der Waals surface area contributed by atoms with Gasteiger partial charge in [-0.3, -0.25) is 4.98 Å². The van der Waals surface area contributed by atoms with Gasteiger partial charge >= 0.3 is 0 Å². The highest BCUT2D eigenvalue weighted by atomic mass is 15.0. The standard InChI is InChI=1S/C10H12N2/c1-3-11-6-9-7(1)5-8-2-4-12-10(8)9/h1,3,6,8,10,12H,2,4-5H2. The Bertz CT molecular complexity index is 308. The zero-order valence-electron chi connectivity index (χ0n) is 6.96. The Morgan fingerprint density at radius 3 is 3.50 bits per heavy atom. The van der Waals surface area contributed by atoms with E-state index in [9.17, 15) is 0 Å². The molecule has 2 heteroatoms. The zero-order chi connectivity index (χ0) is 7.97. The summed E-state index contributed by atoms with van der Waals surface area (Å²) in [4.78, 5) is 4.18. The van der Waals surface area contributed by atoms with Crippen molar-refractivity contribution in [2.75, 3.05) is 6.54 Å². The number of hydrogen-bond donors (Lipinski definition) is 1. The van der Waals surface area contributed by atoms with Crippen LogP contribution in [-0.4, -0.2) is 11.5 Å². The highest BCUT2D eigenvalue weighted by molar-refractivity contribution is 5.34. The lowest BCUT2D eigenvalue weighted by Crippen LogP contribution is -2.13. The fourth-order valence-electron chi connectivity index (χ4n) is 2.53. The lowest BCUT2D eigenvalue weighted by molar-refractivity contribution is 0.504. The highest BCUT2D eigenvalue weighted by Crippen LogP contribution is 2.40. The van der Waals surface area contributed by atoms with Gasteiger partial charge in [0.1, 0.15) is 0 Å². The Labute approximate surface area is 72.0 Å². The molecule has 0 bridgehead atoms. The third-order valence-corrected chi connectivity index (χ3v) is 3.11. The van der Waals surface area contributed by atoms with Crippen LogP contribution in [-0.2, 0) is 6.42 Å². The van der Waals surface area contributed by atoms with Gasteiger partial charge in [0.2, 0.25) is 0 Å². The monoisotopic (exact) mass is 160 g/mol. The molecule has 62 valence electrons. The van der Waals surface area contributed by atoms with E-state index in [1.807, 2.05) is 12.4 Å². The first kappa shape index (κ1) is 6.61. The molecule has 12 heavy (non-hydrogen) atoms. The molecular formula is C10H12N2. The van der Waals surface area contributed by atoms with Gasteiger partial charge in [-0.1, -0.05) is 0 Å². The predicted molar refractivity (Wildman–Crippen MR) is 46.8 cm³/mol. The molecule has 1 aromatic heterocycles. The van der Waals surface area contributed by atoms with Crippen molar-refractivity contribution < 1.29 is 0 Å². The van der Waals surface area contributed by atoms with Crippen LogP contribution in [0.2, 0.25) is 0 Å². The molecule has 2 aliphatic rings. The molecule has 1 aliphatic carbocycles. The van der Waals surface area contributed by atoms with Crippen molar-refractivity contribution in [2.24, 2.45) is 5.92 Å². The van der Waals surface area contributed by atoms with E-state index in [4.69, 9.17) is 0 Å². The number of nitrogens with zero attached hydrogens (tertiary/aromatic N) is 1. The van der Waals surface area contributed by atoms with Crippen LogP contribution in [0.3, 0.4) is 0 Å². The van der Waals surface area contributed by atoms with Crippen molar-refractivity contribution >= 4 is 0 Å². The molecular weight excluding hydrogens is 148 g/mol. The van der Waals surface area contributed by atoms with Crippen LogP contribution in [0.15, 0.2) is 18.5 Å². The molecule has 1 aliphatic heterocycles. The van der Waals surface area contributed by atoms with Gasteiger partial charge in [-0.25, -0.2) is 0 Å².